The Hall–Kier alpha value is -1.27. The van der Waals surface area contributed by atoms with E-state index in [-0.39, 0.29) is 24.4 Å². The summed E-state index contributed by atoms with van der Waals surface area (Å²) >= 11 is 0. The summed E-state index contributed by atoms with van der Waals surface area (Å²) in [6, 6.07) is 5.01. The molecule has 130 valence electrons. The summed E-state index contributed by atoms with van der Waals surface area (Å²) in [7, 11) is 0. The first-order valence-electron chi connectivity index (χ1n) is 7.56. The molecule has 2 unspecified atom stereocenters. The molecule has 1 aliphatic rings. The van der Waals surface area contributed by atoms with E-state index in [4.69, 9.17) is 0 Å². The number of benzene rings is 1. The maximum atomic E-state index is 12.5. The highest BCUT2D eigenvalue weighted by molar-refractivity contribution is 5.85. The largest absolute Gasteiger partial charge is 0.416 e. The van der Waals surface area contributed by atoms with E-state index in [0.717, 1.165) is 37.9 Å². The normalized spacial score (nSPS) is 19.0. The van der Waals surface area contributed by atoms with Crippen molar-refractivity contribution in [2.75, 3.05) is 6.54 Å². The van der Waals surface area contributed by atoms with E-state index < -0.39 is 11.7 Å². The maximum absolute atomic E-state index is 12.5. The van der Waals surface area contributed by atoms with Crippen LogP contribution in [0.5, 0.6) is 0 Å². The molecule has 0 aliphatic carbocycles. The molecule has 1 aliphatic heterocycles. The van der Waals surface area contributed by atoms with Crippen LogP contribution in [0.2, 0.25) is 0 Å². The minimum absolute atomic E-state index is 0. The van der Waals surface area contributed by atoms with Gasteiger partial charge in [-0.15, -0.1) is 12.4 Å². The van der Waals surface area contributed by atoms with Crippen molar-refractivity contribution in [2.24, 2.45) is 0 Å². The fourth-order valence-electron chi connectivity index (χ4n) is 2.67. The Balaban J connectivity index is 0.00000264. The molecule has 0 spiro atoms. The number of halogens is 4. The van der Waals surface area contributed by atoms with Crippen LogP contribution in [0.25, 0.3) is 0 Å². The Morgan fingerprint density at radius 3 is 2.52 bits per heavy atom. The van der Waals surface area contributed by atoms with E-state index >= 15 is 0 Å². The van der Waals surface area contributed by atoms with Gasteiger partial charge in [-0.1, -0.05) is 12.1 Å². The fraction of sp³-hybridized carbons (Fsp3) is 0.562. The molecule has 23 heavy (non-hydrogen) atoms. The lowest BCUT2D eigenvalue weighted by Gasteiger charge is -2.16. The van der Waals surface area contributed by atoms with Crippen molar-refractivity contribution in [1.82, 2.24) is 10.6 Å². The van der Waals surface area contributed by atoms with Crippen molar-refractivity contribution in [3.05, 3.63) is 35.4 Å². The van der Waals surface area contributed by atoms with Gasteiger partial charge in [0.1, 0.15) is 0 Å². The van der Waals surface area contributed by atoms with Gasteiger partial charge in [-0.25, -0.2) is 0 Å². The van der Waals surface area contributed by atoms with Crippen LogP contribution in [-0.4, -0.2) is 18.5 Å². The number of hydrogen-bond acceptors (Lipinski definition) is 2. The SMILES string of the molecule is CC(NC(=O)CCC1CCCN1)c1ccc(C(F)(F)F)cc1.Cl. The monoisotopic (exact) mass is 350 g/mol. The van der Waals surface area contributed by atoms with Crippen molar-refractivity contribution in [1.29, 1.82) is 0 Å². The summed E-state index contributed by atoms with van der Waals surface area (Å²) in [4.78, 5) is 11.9. The molecule has 1 amide bonds. The van der Waals surface area contributed by atoms with Gasteiger partial charge in [0, 0.05) is 12.5 Å². The minimum atomic E-state index is -4.33. The molecule has 3 nitrogen and oxygen atoms in total. The summed E-state index contributed by atoms with van der Waals surface area (Å²) in [5, 5.41) is 6.16. The molecule has 2 N–H and O–H groups in total. The van der Waals surface area contributed by atoms with Crippen LogP contribution in [0.3, 0.4) is 0 Å². The lowest BCUT2D eigenvalue weighted by molar-refractivity contribution is -0.137. The molecule has 0 bridgehead atoms. The summed E-state index contributed by atoms with van der Waals surface area (Å²) in [6.07, 6.45) is -0.858. The van der Waals surface area contributed by atoms with Crippen LogP contribution in [0.15, 0.2) is 24.3 Å². The van der Waals surface area contributed by atoms with E-state index in [1.54, 1.807) is 6.92 Å². The van der Waals surface area contributed by atoms with E-state index in [2.05, 4.69) is 10.6 Å². The number of hydrogen-bond donors (Lipinski definition) is 2. The zero-order valence-electron chi connectivity index (χ0n) is 13.0. The van der Waals surface area contributed by atoms with Crippen LogP contribution < -0.4 is 10.6 Å². The number of carbonyl (C=O) groups is 1. The lowest BCUT2D eigenvalue weighted by atomic mass is 10.0. The van der Waals surface area contributed by atoms with Gasteiger partial charge in [0.15, 0.2) is 0 Å². The van der Waals surface area contributed by atoms with E-state index in [1.165, 1.54) is 12.1 Å². The van der Waals surface area contributed by atoms with Crippen LogP contribution in [0.4, 0.5) is 13.2 Å². The third-order valence-electron chi connectivity index (χ3n) is 4.00. The second-order valence-electron chi connectivity index (χ2n) is 5.74. The molecule has 1 saturated heterocycles. The number of alkyl halides is 3. The van der Waals surface area contributed by atoms with Gasteiger partial charge in [0.25, 0.3) is 0 Å². The van der Waals surface area contributed by atoms with Crippen molar-refractivity contribution in [3.8, 4) is 0 Å². The molecule has 1 aromatic rings. The molecule has 0 saturated carbocycles. The molecule has 0 aromatic heterocycles. The Morgan fingerprint density at radius 1 is 1.35 bits per heavy atom. The van der Waals surface area contributed by atoms with Gasteiger partial charge >= 0.3 is 6.18 Å². The number of amides is 1. The summed E-state index contributed by atoms with van der Waals surface area (Å²) in [6.45, 7) is 2.78. The quantitative estimate of drug-likeness (QED) is 0.847. The topological polar surface area (TPSA) is 41.1 Å². The molecule has 2 rings (SSSR count). The number of nitrogens with one attached hydrogen (secondary N) is 2. The van der Waals surface area contributed by atoms with Crippen LogP contribution in [-0.2, 0) is 11.0 Å². The van der Waals surface area contributed by atoms with E-state index in [0.29, 0.717) is 18.0 Å². The first-order valence-corrected chi connectivity index (χ1v) is 7.56. The molecule has 1 aromatic carbocycles. The van der Waals surface area contributed by atoms with Gasteiger partial charge in [-0.2, -0.15) is 13.2 Å². The first kappa shape index (κ1) is 19.8. The second-order valence-corrected chi connectivity index (χ2v) is 5.74. The Morgan fingerprint density at radius 2 is 2.00 bits per heavy atom. The smallest absolute Gasteiger partial charge is 0.350 e. The van der Waals surface area contributed by atoms with E-state index in [1.807, 2.05) is 0 Å². The summed E-state index contributed by atoms with van der Waals surface area (Å²) in [5.74, 6) is -0.0684. The predicted molar refractivity (Wildman–Crippen MR) is 85.5 cm³/mol. The van der Waals surface area contributed by atoms with Crippen molar-refractivity contribution >= 4 is 18.3 Å². The Bertz CT molecular complexity index is 499. The highest BCUT2D eigenvalue weighted by atomic mass is 35.5. The molecule has 2 atom stereocenters. The minimum Gasteiger partial charge on any atom is -0.350 e. The molecular weight excluding hydrogens is 329 g/mol. The highest BCUT2D eigenvalue weighted by Gasteiger charge is 2.30. The van der Waals surface area contributed by atoms with Crippen LogP contribution >= 0.6 is 12.4 Å². The van der Waals surface area contributed by atoms with Crippen LogP contribution in [0.1, 0.15) is 49.8 Å². The fourth-order valence-corrected chi connectivity index (χ4v) is 2.67. The van der Waals surface area contributed by atoms with Gasteiger partial charge in [0.05, 0.1) is 11.6 Å². The highest BCUT2D eigenvalue weighted by Crippen LogP contribution is 2.29. The zero-order valence-corrected chi connectivity index (χ0v) is 13.8. The second kappa shape index (κ2) is 8.55. The van der Waals surface area contributed by atoms with E-state index in [9.17, 15) is 18.0 Å². The molecular formula is C16H22ClF3N2O. The summed E-state index contributed by atoms with van der Waals surface area (Å²) < 4.78 is 37.5. The van der Waals surface area contributed by atoms with Crippen molar-refractivity contribution < 1.29 is 18.0 Å². The Kier molecular flexibility index (Phi) is 7.35. The molecule has 7 heteroatoms. The average Bonchev–Trinajstić information content (AvgIpc) is 2.97. The molecule has 1 fully saturated rings. The standard InChI is InChI=1S/C16H21F3N2O.ClH/c1-11(12-4-6-13(7-5-12)16(17,18)19)21-15(22)9-8-14-3-2-10-20-14;/h4-7,11,14,20H,2-3,8-10H2,1H3,(H,21,22);1H. The van der Waals surface area contributed by atoms with Crippen molar-refractivity contribution in [3.63, 3.8) is 0 Å². The van der Waals surface area contributed by atoms with Gasteiger partial charge < -0.3 is 10.6 Å². The number of rotatable bonds is 5. The average molecular weight is 351 g/mol. The number of carbonyl (C=O) groups excluding carboxylic acids is 1. The zero-order chi connectivity index (χ0) is 16.2. The van der Waals surface area contributed by atoms with Crippen molar-refractivity contribution in [2.45, 2.75) is 50.9 Å². The third kappa shape index (κ3) is 6.03. The van der Waals surface area contributed by atoms with Gasteiger partial charge in [-0.3, -0.25) is 4.79 Å². The lowest BCUT2D eigenvalue weighted by Crippen LogP contribution is -2.29. The van der Waals surface area contributed by atoms with Crippen LogP contribution in [0, 0.1) is 0 Å². The predicted octanol–water partition coefficient (Wildman–Crippen LogP) is 3.84. The first-order chi connectivity index (χ1) is 10.4. The summed E-state index contributed by atoms with van der Waals surface area (Å²) in [5.41, 5.74) is -0.0116. The van der Waals surface area contributed by atoms with Gasteiger partial charge in [-0.05, 0) is 50.4 Å². The third-order valence-corrected chi connectivity index (χ3v) is 4.00. The maximum Gasteiger partial charge on any atom is 0.416 e. The molecule has 1 heterocycles. The molecule has 0 radical (unpaired) electrons. The van der Waals surface area contributed by atoms with Gasteiger partial charge in [0.2, 0.25) is 5.91 Å². The Labute approximate surface area is 140 Å².